The zero-order valence-electron chi connectivity index (χ0n) is 14.0. The number of benzene rings is 2. The summed E-state index contributed by atoms with van der Waals surface area (Å²) in [6, 6.07) is 11.1. The minimum atomic E-state index is -1.37. The summed E-state index contributed by atoms with van der Waals surface area (Å²) in [5, 5.41) is 14.0. The summed E-state index contributed by atoms with van der Waals surface area (Å²) in [5.74, 6) is -2.63. The molecule has 2 rings (SSSR count). The number of rotatable bonds is 7. The van der Waals surface area contributed by atoms with Crippen LogP contribution in [-0.2, 0) is 9.59 Å². The van der Waals surface area contributed by atoms with Crippen LogP contribution in [0.4, 0.5) is 0 Å². The van der Waals surface area contributed by atoms with E-state index >= 15 is 0 Å². The van der Waals surface area contributed by atoms with Crippen molar-refractivity contribution in [3.8, 4) is 11.1 Å². The average molecular weight is 410 g/mol. The molecule has 0 heterocycles. The molecule has 27 heavy (non-hydrogen) atoms. The summed E-state index contributed by atoms with van der Waals surface area (Å²) < 4.78 is 0. The van der Waals surface area contributed by atoms with Gasteiger partial charge in [-0.1, -0.05) is 53.5 Å². The maximum Gasteiger partial charge on any atom is 0.328 e. The van der Waals surface area contributed by atoms with Crippen LogP contribution in [0.2, 0.25) is 10.0 Å². The quantitative estimate of drug-likeness (QED) is 0.556. The molecule has 1 atom stereocenters. The Kier molecular flexibility index (Phi) is 7.18. The van der Waals surface area contributed by atoms with Crippen molar-refractivity contribution in [3.05, 3.63) is 58.1 Å². The minimum absolute atomic E-state index is 0.0468. The molecule has 5 N–H and O–H groups in total. The van der Waals surface area contributed by atoms with Gasteiger partial charge in [0, 0.05) is 6.54 Å². The van der Waals surface area contributed by atoms with E-state index in [1.807, 2.05) is 30.3 Å². The Hall–Kier alpha value is -2.61. The molecule has 0 aromatic heterocycles. The molecule has 0 spiro atoms. The largest absolute Gasteiger partial charge is 0.480 e. The SMILES string of the molecule is NCC(=O)NC[C@H](NC(=O)c1c(Cl)cc(-c2ccccc2)cc1Cl)C(=O)O. The molecule has 142 valence electrons. The van der Waals surface area contributed by atoms with Gasteiger partial charge in [0.1, 0.15) is 6.04 Å². The molecule has 2 amide bonds. The normalized spacial score (nSPS) is 11.5. The summed E-state index contributed by atoms with van der Waals surface area (Å²) in [5.41, 5.74) is 6.68. The number of aliphatic carboxylic acids is 1. The van der Waals surface area contributed by atoms with E-state index < -0.39 is 23.8 Å². The van der Waals surface area contributed by atoms with Crippen molar-refractivity contribution in [1.82, 2.24) is 10.6 Å². The van der Waals surface area contributed by atoms with Gasteiger partial charge in [-0.2, -0.15) is 0 Å². The highest BCUT2D eigenvalue weighted by Gasteiger charge is 2.24. The lowest BCUT2D eigenvalue weighted by atomic mass is 10.0. The number of carboxylic acid groups (broad SMARTS) is 1. The van der Waals surface area contributed by atoms with Gasteiger partial charge in [0.05, 0.1) is 22.2 Å². The fourth-order valence-corrected chi connectivity index (χ4v) is 2.96. The van der Waals surface area contributed by atoms with Gasteiger partial charge in [-0.25, -0.2) is 4.79 Å². The second-order valence-corrected chi connectivity index (χ2v) is 6.37. The maximum absolute atomic E-state index is 12.5. The van der Waals surface area contributed by atoms with Crippen LogP contribution in [0.3, 0.4) is 0 Å². The second-order valence-electron chi connectivity index (χ2n) is 5.55. The van der Waals surface area contributed by atoms with E-state index in [0.29, 0.717) is 5.56 Å². The van der Waals surface area contributed by atoms with E-state index in [1.54, 1.807) is 12.1 Å². The first-order chi connectivity index (χ1) is 12.8. The van der Waals surface area contributed by atoms with Crippen LogP contribution in [0.25, 0.3) is 11.1 Å². The number of carboxylic acids is 1. The van der Waals surface area contributed by atoms with Crippen LogP contribution >= 0.6 is 23.2 Å². The lowest BCUT2D eigenvalue weighted by molar-refractivity contribution is -0.139. The van der Waals surface area contributed by atoms with E-state index in [0.717, 1.165) is 5.56 Å². The zero-order valence-corrected chi connectivity index (χ0v) is 15.6. The molecule has 0 unspecified atom stereocenters. The van der Waals surface area contributed by atoms with Gasteiger partial charge in [-0.15, -0.1) is 0 Å². The van der Waals surface area contributed by atoms with Gasteiger partial charge in [-0.3, -0.25) is 9.59 Å². The van der Waals surface area contributed by atoms with Gasteiger partial charge in [0.2, 0.25) is 5.91 Å². The number of nitrogens with one attached hydrogen (secondary N) is 2. The number of halogens is 2. The van der Waals surface area contributed by atoms with Crippen molar-refractivity contribution >= 4 is 41.0 Å². The molecule has 0 saturated carbocycles. The summed E-state index contributed by atoms with van der Waals surface area (Å²) in [7, 11) is 0. The summed E-state index contributed by atoms with van der Waals surface area (Å²) in [6.07, 6.45) is 0. The van der Waals surface area contributed by atoms with Crippen LogP contribution in [-0.4, -0.2) is 42.0 Å². The fraction of sp³-hybridized carbons (Fsp3) is 0.167. The van der Waals surface area contributed by atoms with Crippen LogP contribution in [0.5, 0.6) is 0 Å². The first-order valence-corrected chi connectivity index (χ1v) is 8.64. The van der Waals surface area contributed by atoms with Gasteiger partial charge in [-0.05, 0) is 23.3 Å². The van der Waals surface area contributed by atoms with Crippen LogP contribution in [0.15, 0.2) is 42.5 Å². The molecular formula is C18H17Cl2N3O4. The summed E-state index contributed by atoms with van der Waals surface area (Å²) in [4.78, 5) is 35.0. The Balaban J connectivity index is 2.22. The van der Waals surface area contributed by atoms with E-state index in [1.165, 1.54) is 0 Å². The first kappa shape index (κ1) is 20.7. The van der Waals surface area contributed by atoms with Crippen molar-refractivity contribution in [1.29, 1.82) is 0 Å². The highest BCUT2D eigenvalue weighted by Crippen LogP contribution is 2.31. The number of carbonyl (C=O) groups is 3. The Morgan fingerprint density at radius 2 is 1.63 bits per heavy atom. The van der Waals surface area contributed by atoms with Crippen LogP contribution in [0.1, 0.15) is 10.4 Å². The topological polar surface area (TPSA) is 122 Å². The Bertz CT molecular complexity index is 836. The predicted molar refractivity (Wildman–Crippen MR) is 103 cm³/mol. The molecule has 0 fully saturated rings. The average Bonchev–Trinajstić information content (AvgIpc) is 2.64. The molecule has 0 saturated heterocycles. The molecule has 0 aliphatic heterocycles. The smallest absolute Gasteiger partial charge is 0.328 e. The van der Waals surface area contributed by atoms with Crippen molar-refractivity contribution in [2.24, 2.45) is 5.73 Å². The summed E-state index contributed by atoms with van der Waals surface area (Å²) >= 11 is 12.4. The molecule has 0 aliphatic rings. The molecule has 0 aliphatic carbocycles. The number of amides is 2. The highest BCUT2D eigenvalue weighted by atomic mass is 35.5. The summed E-state index contributed by atoms with van der Waals surface area (Å²) in [6.45, 7) is -0.618. The van der Waals surface area contributed by atoms with Gasteiger partial charge in [0.15, 0.2) is 0 Å². The Morgan fingerprint density at radius 1 is 1.04 bits per heavy atom. The minimum Gasteiger partial charge on any atom is -0.480 e. The first-order valence-electron chi connectivity index (χ1n) is 7.88. The van der Waals surface area contributed by atoms with Crippen molar-refractivity contribution in [2.45, 2.75) is 6.04 Å². The number of hydrogen-bond acceptors (Lipinski definition) is 4. The Labute approximate surface area is 165 Å². The number of carbonyl (C=O) groups excluding carboxylic acids is 2. The number of hydrogen-bond donors (Lipinski definition) is 4. The van der Waals surface area contributed by atoms with E-state index in [2.05, 4.69) is 10.6 Å². The third-order valence-corrected chi connectivity index (χ3v) is 4.26. The lowest BCUT2D eigenvalue weighted by Gasteiger charge is -2.17. The van der Waals surface area contributed by atoms with Crippen LogP contribution in [0, 0.1) is 0 Å². The molecular weight excluding hydrogens is 393 g/mol. The number of nitrogens with two attached hydrogens (primary N) is 1. The molecule has 7 nitrogen and oxygen atoms in total. The maximum atomic E-state index is 12.5. The molecule has 9 heteroatoms. The van der Waals surface area contributed by atoms with Gasteiger partial charge >= 0.3 is 5.97 Å². The third-order valence-electron chi connectivity index (χ3n) is 3.67. The van der Waals surface area contributed by atoms with E-state index in [9.17, 15) is 19.5 Å². The Morgan fingerprint density at radius 3 is 2.15 bits per heavy atom. The van der Waals surface area contributed by atoms with Crippen molar-refractivity contribution in [2.75, 3.05) is 13.1 Å². The highest BCUT2D eigenvalue weighted by molar-refractivity contribution is 6.40. The molecule has 0 radical (unpaired) electrons. The predicted octanol–water partition coefficient (Wildman–Crippen LogP) is 1.92. The fourth-order valence-electron chi connectivity index (χ4n) is 2.31. The second kappa shape index (κ2) is 9.36. The lowest BCUT2D eigenvalue weighted by Crippen LogP contribution is -2.49. The van der Waals surface area contributed by atoms with Crippen LogP contribution < -0.4 is 16.4 Å². The van der Waals surface area contributed by atoms with Gasteiger partial charge in [0.25, 0.3) is 5.91 Å². The monoisotopic (exact) mass is 409 g/mol. The third kappa shape index (κ3) is 5.43. The standard InChI is InChI=1S/C18H17Cl2N3O4/c19-12-6-11(10-4-2-1-3-5-10)7-13(20)16(12)17(25)23-14(18(26)27)9-22-15(24)8-21/h1-7,14H,8-9,21H2,(H,22,24)(H,23,25)(H,26,27)/t14-/m0/s1. The van der Waals surface area contributed by atoms with E-state index in [4.69, 9.17) is 28.9 Å². The molecule has 2 aromatic carbocycles. The molecule has 2 aromatic rings. The zero-order chi connectivity index (χ0) is 20.0. The van der Waals surface area contributed by atoms with E-state index in [-0.39, 0.29) is 28.7 Å². The van der Waals surface area contributed by atoms with Crippen molar-refractivity contribution in [3.63, 3.8) is 0 Å². The molecule has 0 bridgehead atoms. The van der Waals surface area contributed by atoms with Gasteiger partial charge < -0.3 is 21.5 Å². The van der Waals surface area contributed by atoms with Crippen molar-refractivity contribution < 1.29 is 19.5 Å².